The summed E-state index contributed by atoms with van der Waals surface area (Å²) in [7, 11) is 0. The van der Waals surface area contributed by atoms with Crippen LogP contribution in [0.5, 0.6) is 0 Å². The minimum absolute atomic E-state index is 0.224. The van der Waals surface area contributed by atoms with Gasteiger partial charge < -0.3 is 9.38 Å². The highest BCUT2D eigenvalue weighted by atomic mass is 16.2. The highest BCUT2D eigenvalue weighted by Crippen LogP contribution is 2.44. The lowest BCUT2D eigenvalue weighted by molar-refractivity contribution is -0.990. The van der Waals surface area contributed by atoms with Crippen molar-refractivity contribution in [2.75, 3.05) is 19.6 Å². The van der Waals surface area contributed by atoms with Gasteiger partial charge in [-0.1, -0.05) is 91.0 Å². The molecular formula is C25H25N2O+. The third-order valence-electron chi connectivity index (χ3n) is 6.33. The molecule has 0 aromatic heterocycles. The zero-order valence-electron chi connectivity index (χ0n) is 15.9. The standard InChI is InChI=1S/C25H25N2O/c28-24-19-27(17-23(18-27)26(24)16-20-10-4-1-5-11-20)25(21-12-6-2-7-13-21)22-14-8-3-9-15-22/h1-15,23,25H,16-19H2/q+1. The van der Waals surface area contributed by atoms with E-state index >= 15 is 0 Å². The first-order chi connectivity index (χ1) is 13.8. The van der Waals surface area contributed by atoms with E-state index in [1.54, 1.807) is 0 Å². The molecule has 140 valence electrons. The van der Waals surface area contributed by atoms with Crippen LogP contribution in [0.4, 0.5) is 0 Å². The van der Waals surface area contributed by atoms with Gasteiger partial charge in [0.05, 0.1) is 0 Å². The third-order valence-corrected chi connectivity index (χ3v) is 6.33. The molecule has 0 spiro atoms. The number of hydrogen-bond donors (Lipinski definition) is 0. The van der Waals surface area contributed by atoms with Crippen molar-refractivity contribution in [3.63, 3.8) is 0 Å². The lowest BCUT2D eigenvalue weighted by Crippen LogP contribution is -2.79. The summed E-state index contributed by atoms with van der Waals surface area (Å²) in [5.41, 5.74) is 3.82. The molecule has 0 atom stereocenters. The lowest BCUT2D eigenvalue weighted by atomic mass is 9.85. The van der Waals surface area contributed by atoms with Crippen LogP contribution in [0, 0.1) is 0 Å². The number of nitrogens with zero attached hydrogens (tertiary/aromatic N) is 2. The third kappa shape index (κ3) is 2.92. The fourth-order valence-corrected chi connectivity index (χ4v) is 5.07. The second-order valence-corrected chi connectivity index (χ2v) is 8.13. The summed E-state index contributed by atoms with van der Waals surface area (Å²) < 4.78 is 0.850. The molecule has 3 aromatic carbocycles. The molecule has 3 heteroatoms. The van der Waals surface area contributed by atoms with Crippen LogP contribution in [-0.4, -0.2) is 41.0 Å². The predicted molar refractivity (Wildman–Crippen MR) is 110 cm³/mol. The Bertz CT molecular complexity index is 910. The molecule has 3 aromatic rings. The quantitative estimate of drug-likeness (QED) is 0.622. The molecule has 0 saturated carbocycles. The average Bonchev–Trinajstić information content (AvgIpc) is 2.71. The topological polar surface area (TPSA) is 20.3 Å². The molecule has 3 heterocycles. The number of amides is 1. The Hall–Kier alpha value is -2.91. The maximum absolute atomic E-state index is 13.1. The molecule has 28 heavy (non-hydrogen) atoms. The van der Waals surface area contributed by atoms with Gasteiger partial charge in [0.15, 0.2) is 6.54 Å². The molecule has 0 aliphatic carbocycles. The first kappa shape index (κ1) is 17.2. The van der Waals surface area contributed by atoms with Crippen LogP contribution in [0.25, 0.3) is 0 Å². The van der Waals surface area contributed by atoms with Crippen molar-refractivity contribution >= 4 is 5.91 Å². The van der Waals surface area contributed by atoms with Gasteiger partial charge in [-0.3, -0.25) is 4.79 Å². The predicted octanol–water partition coefficient (Wildman–Crippen LogP) is 4.02. The van der Waals surface area contributed by atoms with Crippen LogP contribution in [-0.2, 0) is 11.3 Å². The molecule has 3 nitrogen and oxygen atoms in total. The second kappa shape index (κ2) is 6.92. The van der Waals surface area contributed by atoms with Crippen molar-refractivity contribution in [3.05, 3.63) is 108 Å². The van der Waals surface area contributed by atoms with Crippen molar-refractivity contribution in [1.29, 1.82) is 0 Å². The largest absolute Gasteiger partial charge is 0.319 e. The smallest absolute Gasteiger partial charge is 0.278 e. The average molecular weight is 369 g/mol. The van der Waals surface area contributed by atoms with Crippen LogP contribution in [0.3, 0.4) is 0 Å². The van der Waals surface area contributed by atoms with Crippen LogP contribution in [0.1, 0.15) is 22.7 Å². The Morgan fingerprint density at radius 3 is 1.79 bits per heavy atom. The number of rotatable bonds is 5. The first-order valence-electron chi connectivity index (χ1n) is 10.0. The number of hydrogen-bond acceptors (Lipinski definition) is 1. The maximum Gasteiger partial charge on any atom is 0.278 e. The summed E-state index contributed by atoms with van der Waals surface area (Å²) in [6.45, 7) is 3.38. The summed E-state index contributed by atoms with van der Waals surface area (Å²) in [6.07, 6.45) is 0. The van der Waals surface area contributed by atoms with E-state index in [-0.39, 0.29) is 11.9 Å². The van der Waals surface area contributed by atoms with Gasteiger partial charge in [0.2, 0.25) is 0 Å². The Morgan fingerprint density at radius 2 is 1.29 bits per heavy atom. The summed E-state index contributed by atoms with van der Waals surface area (Å²) in [6, 6.07) is 32.3. The first-order valence-corrected chi connectivity index (χ1v) is 10.0. The zero-order valence-corrected chi connectivity index (χ0v) is 15.9. The van der Waals surface area contributed by atoms with Gasteiger partial charge in [-0.05, 0) is 5.56 Å². The second-order valence-electron chi connectivity index (χ2n) is 8.13. The normalized spacial score (nSPS) is 23.5. The van der Waals surface area contributed by atoms with E-state index in [0.717, 1.165) is 24.1 Å². The molecule has 0 radical (unpaired) electrons. The van der Waals surface area contributed by atoms with Gasteiger partial charge in [0, 0.05) is 17.7 Å². The molecule has 2 bridgehead atoms. The molecule has 3 saturated heterocycles. The van der Waals surface area contributed by atoms with Gasteiger partial charge >= 0.3 is 0 Å². The van der Waals surface area contributed by atoms with E-state index in [4.69, 9.17) is 0 Å². The molecule has 3 aliphatic rings. The summed E-state index contributed by atoms with van der Waals surface area (Å²) in [5, 5.41) is 0. The molecule has 3 aliphatic heterocycles. The van der Waals surface area contributed by atoms with Crippen LogP contribution >= 0.6 is 0 Å². The van der Waals surface area contributed by atoms with E-state index in [1.165, 1.54) is 16.7 Å². The number of carbonyl (C=O) groups excluding carboxylic acids is 1. The lowest BCUT2D eigenvalue weighted by Gasteiger charge is -2.61. The number of carbonyl (C=O) groups is 1. The van der Waals surface area contributed by atoms with E-state index in [0.29, 0.717) is 12.6 Å². The Kier molecular flexibility index (Phi) is 4.25. The zero-order chi connectivity index (χ0) is 19.0. The number of fused-ring (bicyclic) bond motifs is 2. The Morgan fingerprint density at radius 1 is 0.786 bits per heavy atom. The molecular weight excluding hydrogens is 344 g/mol. The fraction of sp³-hybridized carbons (Fsp3) is 0.240. The van der Waals surface area contributed by atoms with Crippen LogP contribution in [0.15, 0.2) is 91.0 Å². The summed E-state index contributed by atoms with van der Waals surface area (Å²) in [4.78, 5) is 15.2. The van der Waals surface area contributed by atoms with Gasteiger partial charge in [-0.2, -0.15) is 0 Å². The van der Waals surface area contributed by atoms with Crippen molar-refractivity contribution in [1.82, 2.24) is 4.90 Å². The van der Waals surface area contributed by atoms with Gasteiger partial charge in [0.1, 0.15) is 25.2 Å². The highest BCUT2D eigenvalue weighted by molar-refractivity contribution is 5.79. The Labute approximate surface area is 166 Å². The van der Waals surface area contributed by atoms with Gasteiger partial charge in [-0.25, -0.2) is 0 Å². The van der Waals surface area contributed by atoms with E-state index in [9.17, 15) is 4.79 Å². The summed E-state index contributed by atoms with van der Waals surface area (Å²) in [5.74, 6) is 0.281. The van der Waals surface area contributed by atoms with Crippen molar-refractivity contribution in [3.8, 4) is 0 Å². The molecule has 6 rings (SSSR count). The Balaban J connectivity index is 1.44. The maximum atomic E-state index is 13.1. The van der Waals surface area contributed by atoms with Gasteiger partial charge in [-0.15, -0.1) is 0 Å². The van der Waals surface area contributed by atoms with Crippen LogP contribution < -0.4 is 0 Å². The molecule has 0 N–H and O–H groups in total. The molecule has 1 amide bonds. The van der Waals surface area contributed by atoms with E-state index < -0.39 is 0 Å². The van der Waals surface area contributed by atoms with Crippen molar-refractivity contribution in [2.24, 2.45) is 0 Å². The van der Waals surface area contributed by atoms with E-state index in [2.05, 4.69) is 77.7 Å². The van der Waals surface area contributed by atoms with Crippen LogP contribution in [0.2, 0.25) is 0 Å². The SMILES string of the molecule is O=C1C[N+]2(C(c3ccccc3)c3ccccc3)CC(C2)N1Cc1ccccc1. The van der Waals surface area contributed by atoms with Crippen molar-refractivity contribution < 1.29 is 9.28 Å². The number of piperazine rings is 2. The monoisotopic (exact) mass is 369 g/mol. The van der Waals surface area contributed by atoms with Gasteiger partial charge in [0.25, 0.3) is 5.91 Å². The number of benzene rings is 3. The highest BCUT2D eigenvalue weighted by Gasteiger charge is 2.59. The summed E-state index contributed by atoms with van der Waals surface area (Å²) >= 11 is 0. The molecule has 3 fully saturated rings. The number of quaternary nitrogens is 1. The minimum atomic E-state index is 0.224. The van der Waals surface area contributed by atoms with E-state index in [1.807, 2.05) is 18.2 Å². The van der Waals surface area contributed by atoms with Crippen molar-refractivity contribution in [2.45, 2.75) is 18.6 Å². The minimum Gasteiger partial charge on any atom is -0.319 e. The fourth-order valence-electron chi connectivity index (χ4n) is 5.07. The molecule has 0 unspecified atom stereocenters.